The average molecular weight is 320 g/mol. The molecule has 0 radical (unpaired) electrons. The molecule has 0 bridgehead atoms. The van der Waals surface area contributed by atoms with Gasteiger partial charge in [-0.2, -0.15) is 0 Å². The normalized spacial score (nSPS) is 13.4. The van der Waals surface area contributed by atoms with Gasteiger partial charge in [0.05, 0.1) is 5.69 Å². The SMILES string of the molecule is Cc1sc(=O)n(CCCCN)c1-c1ccc2c(c1)OCCO2. The lowest BCUT2D eigenvalue weighted by atomic mass is 10.1. The Morgan fingerprint density at radius 1 is 1.23 bits per heavy atom. The Hall–Kier alpha value is -1.79. The second-order valence-electron chi connectivity index (χ2n) is 5.28. The molecule has 0 amide bonds. The van der Waals surface area contributed by atoms with Crippen molar-refractivity contribution in [3.63, 3.8) is 0 Å². The van der Waals surface area contributed by atoms with Crippen molar-refractivity contribution in [1.82, 2.24) is 4.57 Å². The monoisotopic (exact) mass is 320 g/mol. The largest absolute Gasteiger partial charge is 0.486 e. The van der Waals surface area contributed by atoms with Crippen molar-refractivity contribution in [2.24, 2.45) is 5.73 Å². The number of hydrogen-bond acceptors (Lipinski definition) is 5. The highest BCUT2D eigenvalue weighted by atomic mass is 32.1. The van der Waals surface area contributed by atoms with Crippen LogP contribution in [0.25, 0.3) is 11.3 Å². The van der Waals surface area contributed by atoms with Gasteiger partial charge in [-0.1, -0.05) is 11.3 Å². The van der Waals surface area contributed by atoms with E-state index < -0.39 is 0 Å². The first-order valence-corrected chi connectivity index (χ1v) is 8.32. The number of thiazole rings is 1. The van der Waals surface area contributed by atoms with E-state index in [4.69, 9.17) is 15.2 Å². The summed E-state index contributed by atoms with van der Waals surface area (Å²) in [4.78, 5) is 13.3. The Balaban J connectivity index is 1.98. The van der Waals surface area contributed by atoms with Gasteiger partial charge in [0, 0.05) is 17.0 Å². The molecule has 1 aromatic carbocycles. The number of benzene rings is 1. The predicted molar refractivity (Wildman–Crippen MR) is 88.0 cm³/mol. The smallest absolute Gasteiger partial charge is 0.307 e. The van der Waals surface area contributed by atoms with Crippen LogP contribution in [0, 0.1) is 6.92 Å². The van der Waals surface area contributed by atoms with E-state index in [1.807, 2.05) is 29.7 Å². The zero-order valence-corrected chi connectivity index (χ0v) is 13.4. The number of nitrogens with two attached hydrogens (primary N) is 1. The van der Waals surface area contributed by atoms with Crippen molar-refractivity contribution >= 4 is 11.3 Å². The molecule has 2 heterocycles. The molecule has 0 atom stereocenters. The second kappa shape index (κ2) is 6.54. The van der Waals surface area contributed by atoms with Crippen molar-refractivity contribution in [1.29, 1.82) is 0 Å². The van der Waals surface area contributed by atoms with Crippen LogP contribution in [-0.2, 0) is 6.54 Å². The average Bonchev–Trinajstić information content (AvgIpc) is 2.81. The number of unbranched alkanes of at least 4 members (excludes halogenated alkanes) is 1. The summed E-state index contributed by atoms with van der Waals surface area (Å²) >= 11 is 1.29. The van der Waals surface area contributed by atoms with Gasteiger partial charge in [-0.25, -0.2) is 0 Å². The fourth-order valence-corrected chi connectivity index (χ4v) is 3.56. The maximum Gasteiger partial charge on any atom is 0.307 e. The quantitative estimate of drug-likeness (QED) is 0.859. The summed E-state index contributed by atoms with van der Waals surface area (Å²) in [6.45, 7) is 4.47. The summed E-state index contributed by atoms with van der Waals surface area (Å²) in [5, 5.41) is 0. The Morgan fingerprint density at radius 3 is 2.77 bits per heavy atom. The van der Waals surface area contributed by atoms with Gasteiger partial charge in [0.25, 0.3) is 0 Å². The fraction of sp³-hybridized carbons (Fsp3) is 0.438. The van der Waals surface area contributed by atoms with Crippen molar-refractivity contribution in [2.45, 2.75) is 26.3 Å². The highest BCUT2D eigenvalue weighted by Crippen LogP contribution is 2.36. The van der Waals surface area contributed by atoms with Crippen LogP contribution in [0.2, 0.25) is 0 Å². The van der Waals surface area contributed by atoms with Crippen LogP contribution in [0.15, 0.2) is 23.0 Å². The third kappa shape index (κ3) is 2.89. The van der Waals surface area contributed by atoms with Crippen LogP contribution in [-0.4, -0.2) is 24.3 Å². The third-order valence-electron chi connectivity index (χ3n) is 3.72. The molecule has 0 spiro atoms. The standard InChI is InChI=1S/C16H20N2O3S/c1-11-15(18(16(19)22-11)7-3-2-6-17)12-4-5-13-14(10-12)21-9-8-20-13/h4-5,10H,2-3,6-9,17H2,1H3. The molecule has 2 N–H and O–H groups in total. The summed E-state index contributed by atoms with van der Waals surface area (Å²) in [5.41, 5.74) is 7.52. The molecule has 118 valence electrons. The van der Waals surface area contributed by atoms with Gasteiger partial charge in [-0.05, 0) is 44.5 Å². The van der Waals surface area contributed by atoms with Crippen molar-refractivity contribution in [3.05, 3.63) is 32.7 Å². The Labute approximate surface area is 133 Å². The van der Waals surface area contributed by atoms with Crippen LogP contribution in [0.4, 0.5) is 0 Å². The number of fused-ring (bicyclic) bond motifs is 1. The molecule has 5 nitrogen and oxygen atoms in total. The molecule has 0 saturated heterocycles. The summed E-state index contributed by atoms with van der Waals surface area (Å²) in [6, 6.07) is 5.86. The minimum atomic E-state index is 0.0828. The van der Waals surface area contributed by atoms with E-state index in [-0.39, 0.29) is 4.87 Å². The number of hydrogen-bond donors (Lipinski definition) is 1. The minimum absolute atomic E-state index is 0.0828. The molecule has 0 fully saturated rings. The molecule has 3 rings (SSSR count). The van der Waals surface area contributed by atoms with Gasteiger partial charge in [-0.15, -0.1) is 0 Å². The summed E-state index contributed by atoms with van der Waals surface area (Å²) in [7, 11) is 0. The van der Waals surface area contributed by atoms with Crippen LogP contribution >= 0.6 is 11.3 Å². The minimum Gasteiger partial charge on any atom is -0.486 e. The van der Waals surface area contributed by atoms with Crippen LogP contribution in [0.1, 0.15) is 17.7 Å². The Kier molecular flexibility index (Phi) is 4.49. The van der Waals surface area contributed by atoms with Gasteiger partial charge >= 0.3 is 4.87 Å². The number of aryl methyl sites for hydroxylation is 1. The van der Waals surface area contributed by atoms with Gasteiger partial charge in [-0.3, -0.25) is 9.36 Å². The molecule has 0 saturated carbocycles. The van der Waals surface area contributed by atoms with E-state index in [9.17, 15) is 4.79 Å². The highest BCUT2D eigenvalue weighted by molar-refractivity contribution is 7.09. The zero-order valence-electron chi connectivity index (χ0n) is 12.6. The maximum absolute atomic E-state index is 12.2. The molecular formula is C16H20N2O3S. The van der Waals surface area contributed by atoms with Crippen LogP contribution in [0.3, 0.4) is 0 Å². The van der Waals surface area contributed by atoms with Crippen molar-refractivity contribution < 1.29 is 9.47 Å². The predicted octanol–water partition coefficient (Wildman–Crippen LogP) is 2.40. The molecule has 1 aliphatic rings. The number of ether oxygens (including phenoxy) is 2. The van der Waals surface area contributed by atoms with E-state index in [0.29, 0.717) is 26.3 Å². The topological polar surface area (TPSA) is 66.5 Å². The third-order valence-corrected chi connectivity index (χ3v) is 4.61. The van der Waals surface area contributed by atoms with Gasteiger partial charge in [0.2, 0.25) is 0 Å². The maximum atomic E-state index is 12.2. The van der Waals surface area contributed by atoms with E-state index in [1.54, 1.807) is 0 Å². The highest BCUT2D eigenvalue weighted by Gasteiger charge is 2.17. The van der Waals surface area contributed by atoms with Crippen molar-refractivity contribution in [3.8, 4) is 22.8 Å². The Morgan fingerprint density at radius 2 is 2.00 bits per heavy atom. The fourth-order valence-electron chi connectivity index (χ4n) is 2.68. The molecule has 1 aromatic heterocycles. The first kappa shape index (κ1) is 15.1. The summed E-state index contributed by atoms with van der Waals surface area (Å²) in [5.74, 6) is 1.51. The molecule has 2 aromatic rings. The van der Waals surface area contributed by atoms with Gasteiger partial charge in [0.15, 0.2) is 11.5 Å². The zero-order chi connectivity index (χ0) is 15.5. The summed E-state index contributed by atoms with van der Waals surface area (Å²) < 4.78 is 13.0. The molecular weight excluding hydrogens is 300 g/mol. The Bertz CT molecular complexity index is 721. The lowest BCUT2D eigenvalue weighted by Gasteiger charge is -2.19. The van der Waals surface area contributed by atoms with E-state index in [0.717, 1.165) is 40.5 Å². The molecule has 1 aliphatic heterocycles. The van der Waals surface area contributed by atoms with E-state index in [2.05, 4.69) is 0 Å². The van der Waals surface area contributed by atoms with Gasteiger partial charge in [0.1, 0.15) is 13.2 Å². The molecule has 6 heteroatoms. The van der Waals surface area contributed by atoms with Crippen LogP contribution < -0.4 is 20.1 Å². The van der Waals surface area contributed by atoms with Crippen LogP contribution in [0.5, 0.6) is 11.5 Å². The summed E-state index contributed by atoms with van der Waals surface area (Å²) in [6.07, 6.45) is 1.83. The van der Waals surface area contributed by atoms with Crippen molar-refractivity contribution in [2.75, 3.05) is 19.8 Å². The number of rotatable bonds is 5. The lowest BCUT2D eigenvalue weighted by molar-refractivity contribution is 0.171. The molecule has 0 unspecified atom stereocenters. The van der Waals surface area contributed by atoms with Gasteiger partial charge < -0.3 is 15.2 Å². The van der Waals surface area contributed by atoms with E-state index >= 15 is 0 Å². The molecule has 22 heavy (non-hydrogen) atoms. The number of nitrogens with zero attached hydrogens (tertiary/aromatic N) is 1. The lowest BCUT2D eigenvalue weighted by Crippen LogP contribution is -2.16. The first-order chi connectivity index (χ1) is 10.7. The second-order valence-corrected chi connectivity index (χ2v) is 6.44. The van der Waals surface area contributed by atoms with E-state index in [1.165, 1.54) is 11.3 Å². The molecule has 0 aliphatic carbocycles. The number of aromatic nitrogens is 1. The first-order valence-electron chi connectivity index (χ1n) is 7.51.